The maximum Gasteiger partial charge on any atom is 0.343 e. The molecule has 0 N–H and O–H groups in total. The molecule has 0 atom stereocenters. The quantitative estimate of drug-likeness (QED) is 0.399. The van der Waals surface area contributed by atoms with Gasteiger partial charge in [-0.05, 0) is 60.5 Å². The molecule has 1 aliphatic rings. The predicted molar refractivity (Wildman–Crippen MR) is 123 cm³/mol. The number of rotatable bonds is 8. The number of ether oxygens (including phenoxy) is 3. The van der Waals surface area contributed by atoms with Gasteiger partial charge in [0.25, 0.3) is 11.1 Å². The number of hydrogen-bond donors (Lipinski definition) is 0. The van der Waals surface area contributed by atoms with Gasteiger partial charge in [-0.2, -0.15) is 0 Å². The van der Waals surface area contributed by atoms with Crippen LogP contribution in [0.1, 0.15) is 23.6 Å². The van der Waals surface area contributed by atoms with Crippen molar-refractivity contribution >= 4 is 46.6 Å². The molecular formula is C23H22ClNO6S. The largest absolute Gasteiger partial charge is 0.490 e. The minimum absolute atomic E-state index is 0.198. The zero-order valence-corrected chi connectivity index (χ0v) is 19.4. The molecule has 2 aromatic rings. The summed E-state index contributed by atoms with van der Waals surface area (Å²) >= 11 is 7.22. The van der Waals surface area contributed by atoms with E-state index in [1.54, 1.807) is 25.1 Å². The topological polar surface area (TPSA) is 82.1 Å². The Morgan fingerprint density at radius 2 is 1.94 bits per heavy atom. The maximum absolute atomic E-state index is 12.9. The maximum atomic E-state index is 12.9. The second-order valence-corrected chi connectivity index (χ2v) is 8.22. The van der Waals surface area contributed by atoms with E-state index in [0.29, 0.717) is 17.9 Å². The molecule has 168 valence electrons. The third kappa shape index (κ3) is 5.44. The molecule has 0 unspecified atom stereocenters. The van der Waals surface area contributed by atoms with Crippen molar-refractivity contribution in [2.45, 2.75) is 20.4 Å². The van der Waals surface area contributed by atoms with Crippen LogP contribution in [0.15, 0.2) is 41.3 Å². The Hall–Kier alpha value is -2.97. The average Bonchev–Trinajstić information content (AvgIpc) is 3.02. The molecule has 32 heavy (non-hydrogen) atoms. The zero-order chi connectivity index (χ0) is 23.3. The summed E-state index contributed by atoms with van der Waals surface area (Å²) in [6, 6.07) is 10.8. The van der Waals surface area contributed by atoms with Crippen LogP contribution in [0.2, 0.25) is 5.02 Å². The first-order chi connectivity index (χ1) is 15.3. The van der Waals surface area contributed by atoms with E-state index in [2.05, 4.69) is 4.74 Å². The van der Waals surface area contributed by atoms with Gasteiger partial charge in [0, 0.05) is 0 Å². The summed E-state index contributed by atoms with van der Waals surface area (Å²) in [5, 5.41) is -0.135. The molecule has 0 aromatic heterocycles. The molecule has 0 saturated carbocycles. The van der Waals surface area contributed by atoms with Crippen molar-refractivity contribution in [3.63, 3.8) is 0 Å². The molecule has 1 saturated heterocycles. The lowest BCUT2D eigenvalue weighted by atomic mass is 10.1. The first-order valence-electron chi connectivity index (χ1n) is 9.79. The van der Waals surface area contributed by atoms with E-state index in [-0.39, 0.29) is 40.0 Å². The summed E-state index contributed by atoms with van der Waals surface area (Å²) in [4.78, 5) is 38.3. The molecule has 1 aliphatic heterocycles. The lowest BCUT2D eigenvalue weighted by Gasteiger charge is -2.14. The minimum Gasteiger partial charge on any atom is -0.490 e. The predicted octanol–water partition coefficient (Wildman–Crippen LogP) is 4.84. The molecule has 1 fully saturated rings. The molecule has 0 spiro atoms. The number of benzene rings is 2. The Morgan fingerprint density at radius 1 is 1.19 bits per heavy atom. The van der Waals surface area contributed by atoms with Crippen LogP contribution in [-0.2, 0) is 20.9 Å². The van der Waals surface area contributed by atoms with Crippen LogP contribution in [0, 0.1) is 6.92 Å². The Labute approximate surface area is 195 Å². The third-order valence-corrected chi connectivity index (χ3v) is 5.84. The molecule has 0 bridgehead atoms. The number of nitrogens with zero attached hydrogens (tertiary/aromatic N) is 1. The number of hydrogen-bond acceptors (Lipinski definition) is 7. The van der Waals surface area contributed by atoms with E-state index in [9.17, 15) is 14.4 Å². The second-order valence-electron chi connectivity index (χ2n) is 6.82. The van der Waals surface area contributed by atoms with Gasteiger partial charge in [-0.15, -0.1) is 0 Å². The fourth-order valence-corrected chi connectivity index (χ4v) is 4.12. The summed E-state index contributed by atoms with van der Waals surface area (Å²) in [7, 11) is 1.26. The molecule has 2 amide bonds. The van der Waals surface area contributed by atoms with E-state index in [1.807, 2.05) is 31.2 Å². The number of thioether (sulfide) groups is 1. The van der Waals surface area contributed by atoms with Crippen molar-refractivity contribution in [2.24, 2.45) is 0 Å². The summed E-state index contributed by atoms with van der Waals surface area (Å²) < 4.78 is 15.6. The highest BCUT2D eigenvalue weighted by Crippen LogP contribution is 2.39. The van der Waals surface area contributed by atoms with Gasteiger partial charge in [-0.1, -0.05) is 35.9 Å². The van der Waals surface area contributed by atoms with Gasteiger partial charge in [0.2, 0.25) is 0 Å². The van der Waals surface area contributed by atoms with E-state index in [0.717, 1.165) is 22.9 Å². The van der Waals surface area contributed by atoms with Crippen molar-refractivity contribution in [3.8, 4) is 11.5 Å². The van der Waals surface area contributed by atoms with Gasteiger partial charge in [0.1, 0.15) is 0 Å². The monoisotopic (exact) mass is 475 g/mol. The second kappa shape index (κ2) is 10.6. The van der Waals surface area contributed by atoms with Crippen LogP contribution in [0.3, 0.4) is 0 Å². The summed E-state index contributed by atoms with van der Waals surface area (Å²) in [5.74, 6) is -0.420. The summed E-state index contributed by atoms with van der Waals surface area (Å²) in [6.07, 6.45) is 1.58. The number of carbonyl (C=O) groups is 3. The van der Waals surface area contributed by atoms with Gasteiger partial charge in [-0.25, -0.2) is 4.79 Å². The van der Waals surface area contributed by atoms with Crippen LogP contribution in [0.25, 0.3) is 6.08 Å². The fourth-order valence-electron chi connectivity index (χ4n) is 3.01. The van der Waals surface area contributed by atoms with Crippen molar-refractivity contribution in [1.29, 1.82) is 0 Å². The van der Waals surface area contributed by atoms with Crippen LogP contribution >= 0.6 is 23.4 Å². The Bertz CT molecular complexity index is 1080. The first-order valence-corrected chi connectivity index (χ1v) is 11.0. The van der Waals surface area contributed by atoms with E-state index in [1.165, 1.54) is 12.0 Å². The number of methoxy groups -OCH3 is 1. The smallest absolute Gasteiger partial charge is 0.343 e. The molecule has 0 radical (unpaired) electrons. The number of halogens is 1. The van der Waals surface area contributed by atoms with Crippen LogP contribution in [0.5, 0.6) is 11.5 Å². The Morgan fingerprint density at radius 3 is 2.62 bits per heavy atom. The molecule has 1 heterocycles. The normalized spacial score (nSPS) is 14.8. The van der Waals surface area contributed by atoms with Gasteiger partial charge < -0.3 is 14.2 Å². The molecule has 2 aromatic carbocycles. The van der Waals surface area contributed by atoms with Crippen molar-refractivity contribution in [3.05, 3.63) is 63.0 Å². The Kier molecular flexibility index (Phi) is 7.82. The average molecular weight is 476 g/mol. The molecule has 3 rings (SSSR count). The summed E-state index contributed by atoms with van der Waals surface area (Å²) in [6.45, 7) is 3.95. The Balaban J connectivity index is 1.85. The van der Waals surface area contributed by atoms with Gasteiger partial charge in [-0.3, -0.25) is 14.5 Å². The highest BCUT2D eigenvalue weighted by molar-refractivity contribution is 8.18. The first kappa shape index (κ1) is 23.7. The number of aryl methyl sites for hydroxylation is 1. The SMILES string of the molecule is CCOc1cc(/C=C2\SC(=O)N(Cc3ccccc3C)C2=O)cc(Cl)c1OCC(=O)OC. The fraction of sp³-hybridized carbons (Fsp3) is 0.261. The van der Waals surface area contributed by atoms with E-state index in [4.69, 9.17) is 21.1 Å². The van der Waals surface area contributed by atoms with Gasteiger partial charge in [0.15, 0.2) is 18.1 Å². The molecule has 0 aliphatic carbocycles. The van der Waals surface area contributed by atoms with E-state index >= 15 is 0 Å². The highest BCUT2D eigenvalue weighted by atomic mass is 35.5. The van der Waals surface area contributed by atoms with Crippen molar-refractivity contribution in [1.82, 2.24) is 4.90 Å². The van der Waals surface area contributed by atoms with E-state index < -0.39 is 5.97 Å². The highest BCUT2D eigenvalue weighted by Gasteiger charge is 2.35. The number of esters is 1. The standard InChI is InChI=1S/C23H22ClNO6S/c1-4-30-18-10-15(9-17(24)21(18)31-13-20(26)29-3)11-19-22(27)25(23(28)32-19)12-16-8-6-5-7-14(16)2/h5-11H,4,12-13H2,1-3H3/b19-11-. The van der Waals surface area contributed by atoms with Crippen LogP contribution < -0.4 is 9.47 Å². The van der Waals surface area contributed by atoms with Crippen molar-refractivity contribution in [2.75, 3.05) is 20.3 Å². The lowest BCUT2D eigenvalue weighted by molar-refractivity contribution is -0.142. The molecule has 7 nitrogen and oxygen atoms in total. The zero-order valence-electron chi connectivity index (χ0n) is 17.8. The number of amides is 2. The molecular weight excluding hydrogens is 454 g/mol. The summed E-state index contributed by atoms with van der Waals surface area (Å²) in [5.41, 5.74) is 2.47. The number of carbonyl (C=O) groups excluding carboxylic acids is 3. The lowest BCUT2D eigenvalue weighted by Crippen LogP contribution is -2.27. The van der Waals surface area contributed by atoms with Crippen LogP contribution in [-0.4, -0.2) is 42.3 Å². The van der Waals surface area contributed by atoms with Gasteiger partial charge in [0.05, 0.1) is 30.2 Å². The minimum atomic E-state index is -0.560. The van der Waals surface area contributed by atoms with Crippen LogP contribution in [0.4, 0.5) is 4.79 Å². The molecule has 9 heteroatoms. The third-order valence-electron chi connectivity index (χ3n) is 4.65. The number of imide groups is 1. The van der Waals surface area contributed by atoms with Crippen molar-refractivity contribution < 1.29 is 28.6 Å². The van der Waals surface area contributed by atoms with Gasteiger partial charge >= 0.3 is 5.97 Å².